The van der Waals surface area contributed by atoms with Crippen molar-refractivity contribution in [2.24, 2.45) is 7.05 Å². The van der Waals surface area contributed by atoms with Crippen LogP contribution in [0.1, 0.15) is 15.9 Å². The van der Waals surface area contributed by atoms with Crippen LogP contribution in [0.2, 0.25) is 0 Å². The molecule has 0 aliphatic carbocycles. The number of carbonyl (C=O) groups excluding carboxylic acids is 1. The standard InChI is InChI=1S/C24H17NO3.FHO3S/c1-25-20-9-3-2-7-19(20)23(24(27)28)22-18(8-4-10-21(22)25)17-13-11-16(12-14-17)6-5-15-26;1-5(2,3)4/h2-5,7-14H,6H2,1H3;(H,2,3,4). The zero-order chi connectivity index (χ0) is 24.2. The van der Waals surface area contributed by atoms with Crippen molar-refractivity contribution in [2.75, 3.05) is 0 Å². The van der Waals surface area contributed by atoms with E-state index in [1.807, 2.05) is 78.3 Å². The number of benzene rings is 3. The van der Waals surface area contributed by atoms with Gasteiger partial charge in [0, 0.05) is 24.6 Å². The van der Waals surface area contributed by atoms with Crippen LogP contribution in [-0.2, 0) is 28.8 Å². The van der Waals surface area contributed by atoms with Gasteiger partial charge in [-0.25, -0.2) is 18.0 Å². The van der Waals surface area contributed by atoms with Gasteiger partial charge in [0.1, 0.15) is 13.0 Å². The Morgan fingerprint density at radius 3 is 2.27 bits per heavy atom. The van der Waals surface area contributed by atoms with Gasteiger partial charge in [0.05, 0.1) is 16.3 Å². The molecule has 0 fully saturated rings. The molecule has 0 unspecified atom stereocenters. The fourth-order valence-corrected chi connectivity index (χ4v) is 3.77. The molecule has 0 atom stereocenters. The number of carboxylic acid groups (broad SMARTS) is 1. The SMILES string of the molecule is C[n+]1c2ccccc2c(C(=O)O)c2c(-c3ccc(CC=C=O)cc3)cccc21.O=S(=O)([O-])F. The number of hydrogen-bond donors (Lipinski definition) is 1. The first-order valence-corrected chi connectivity index (χ1v) is 10.9. The van der Waals surface area contributed by atoms with E-state index >= 15 is 0 Å². The Labute approximate surface area is 189 Å². The third-order valence-corrected chi connectivity index (χ3v) is 5.09. The molecule has 0 bridgehead atoms. The van der Waals surface area contributed by atoms with Crippen molar-refractivity contribution in [3.8, 4) is 11.1 Å². The highest BCUT2D eigenvalue weighted by Crippen LogP contribution is 2.33. The van der Waals surface area contributed by atoms with E-state index in [0.29, 0.717) is 17.4 Å². The van der Waals surface area contributed by atoms with Crippen molar-refractivity contribution in [1.29, 1.82) is 0 Å². The van der Waals surface area contributed by atoms with Crippen LogP contribution < -0.4 is 4.57 Å². The first kappa shape index (κ1) is 23.7. The Bertz CT molecular complexity index is 1500. The molecule has 4 aromatic rings. The fraction of sp³-hybridized carbons (Fsp3) is 0.0833. The number of para-hydroxylation sites is 1. The maximum absolute atomic E-state index is 12.2. The molecule has 0 radical (unpaired) electrons. The average molecular weight is 467 g/mol. The van der Waals surface area contributed by atoms with Gasteiger partial charge in [-0.2, -0.15) is 4.57 Å². The number of pyridine rings is 1. The summed E-state index contributed by atoms with van der Waals surface area (Å²) in [5.74, 6) is 0.844. The second-order valence-electron chi connectivity index (χ2n) is 7.07. The van der Waals surface area contributed by atoms with E-state index in [1.54, 1.807) is 5.94 Å². The number of fused-ring (bicyclic) bond motifs is 2. The summed E-state index contributed by atoms with van der Waals surface area (Å²) in [5, 5.41) is 11.5. The molecule has 1 aromatic heterocycles. The minimum Gasteiger partial charge on any atom is -0.722 e. The molecule has 33 heavy (non-hydrogen) atoms. The monoisotopic (exact) mass is 467 g/mol. The molecular formula is C24H18FNO6S. The molecule has 0 saturated carbocycles. The van der Waals surface area contributed by atoms with E-state index in [-0.39, 0.29) is 0 Å². The number of aryl methyl sites for hydroxylation is 1. The average Bonchev–Trinajstić information content (AvgIpc) is 2.77. The lowest BCUT2D eigenvalue weighted by atomic mass is 9.93. The van der Waals surface area contributed by atoms with Crippen molar-refractivity contribution in [1.82, 2.24) is 0 Å². The lowest BCUT2D eigenvalue weighted by Crippen LogP contribution is -2.31. The van der Waals surface area contributed by atoms with E-state index in [2.05, 4.69) is 0 Å². The summed E-state index contributed by atoms with van der Waals surface area (Å²) < 4.78 is 37.4. The van der Waals surface area contributed by atoms with E-state index in [9.17, 15) is 18.6 Å². The summed E-state index contributed by atoms with van der Waals surface area (Å²) in [4.78, 5) is 22.7. The summed E-state index contributed by atoms with van der Waals surface area (Å²) in [7, 11) is -3.46. The molecule has 3 aromatic carbocycles. The van der Waals surface area contributed by atoms with Gasteiger partial charge in [0.25, 0.3) is 10.5 Å². The Morgan fingerprint density at radius 1 is 1.06 bits per heavy atom. The van der Waals surface area contributed by atoms with Crippen molar-refractivity contribution in [2.45, 2.75) is 6.42 Å². The molecule has 1 N–H and O–H groups in total. The third kappa shape index (κ3) is 5.48. The molecule has 4 rings (SSSR count). The first-order chi connectivity index (χ1) is 15.6. The summed E-state index contributed by atoms with van der Waals surface area (Å²) in [6.45, 7) is 0. The Balaban J connectivity index is 0.000000555. The van der Waals surface area contributed by atoms with E-state index in [4.69, 9.17) is 13.0 Å². The van der Waals surface area contributed by atoms with Gasteiger partial charge in [-0.15, -0.1) is 3.89 Å². The van der Waals surface area contributed by atoms with E-state index < -0.39 is 16.5 Å². The van der Waals surface area contributed by atoms with Gasteiger partial charge in [-0.1, -0.05) is 48.5 Å². The smallest absolute Gasteiger partial charge is 0.337 e. The topological polar surface area (TPSA) is 115 Å². The highest BCUT2D eigenvalue weighted by atomic mass is 32.3. The number of carboxylic acids is 1. The van der Waals surface area contributed by atoms with Crippen LogP contribution in [0.5, 0.6) is 0 Å². The molecule has 0 aliphatic heterocycles. The molecule has 0 aliphatic rings. The van der Waals surface area contributed by atoms with Gasteiger partial charge in [0.2, 0.25) is 11.0 Å². The molecular weight excluding hydrogens is 449 g/mol. The van der Waals surface area contributed by atoms with Crippen LogP contribution in [0.15, 0.2) is 72.8 Å². The first-order valence-electron chi connectivity index (χ1n) is 9.62. The van der Waals surface area contributed by atoms with Crippen LogP contribution in [0.4, 0.5) is 3.89 Å². The summed E-state index contributed by atoms with van der Waals surface area (Å²) >= 11 is 0. The van der Waals surface area contributed by atoms with Crippen molar-refractivity contribution in [3.05, 3.63) is 83.9 Å². The minimum absolute atomic E-state index is 0.312. The lowest BCUT2D eigenvalue weighted by Gasteiger charge is -2.11. The largest absolute Gasteiger partial charge is 0.722 e. The number of aromatic carboxylic acids is 1. The van der Waals surface area contributed by atoms with Crippen LogP contribution in [0, 0.1) is 0 Å². The lowest BCUT2D eigenvalue weighted by molar-refractivity contribution is -0.617. The molecule has 0 spiro atoms. The van der Waals surface area contributed by atoms with E-state index in [1.165, 1.54) is 6.08 Å². The van der Waals surface area contributed by atoms with Crippen LogP contribution in [0.25, 0.3) is 32.9 Å². The molecule has 9 heteroatoms. The maximum atomic E-state index is 12.2. The predicted molar refractivity (Wildman–Crippen MR) is 120 cm³/mol. The number of nitrogens with zero attached hydrogens (tertiary/aromatic N) is 1. The van der Waals surface area contributed by atoms with Crippen LogP contribution in [-0.4, -0.2) is 30.0 Å². The number of rotatable bonds is 4. The second kappa shape index (κ2) is 9.70. The minimum atomic E-state index is -5.42. The summed E-state index contributed by atoms with van der Waals surface area (Å²) in [6.07, 6.45) is 1.97. The highest BCUT2D eigenvalue weighted by Gasteiger charge is 2.24. The van der Waals surface area contributed by atoms with Gasteiger partial charge in [0.15, 0.2) is 0 Å². The highest BCUT2D eigenvalue weighted by molar-refractivity contribution is 7.80. The third-order valence-electron chi connectivity index (χ3n) is 5.09. The normalized spacial score (nSPS) is 10.9. The van der Waals surface area contributed by atoms with Crippen molar-refractivity contribution in [3.63, 3.8) is 0 Å². The number of allylic oxidation sites excluding steroid dienone is 1. The zero-order valence-electron chi connectivity index (χ0n) is 17.4. The quantitative estimate of drug-likeness (QED) is 0.161. The predicted octanol–water partition coefficient (Wildman–Crippen LogP) is 3.53. The van der Waals surface area contributed by atoms with Gasteiger partial charge < -0.3 is 9.66 Å². The number of carbonyl (C=O) groups is 1. The van der Waals surface area contributed by atoms with Crippen LogP contribution >= 0.6 is 0 Å². The molecule has 168 valence electrons. The van der Waals surface area contributed by atoms with E-state index in [0.717, 1.165) is 33.1 Å². The fourth-order valence-electron chi connectivity index (χ4n) is 3.77. The number of aromatic nitrogens is 1. The van der Waals surface area contributed by atoms with Gasteiger partial charge in [-0.3, -0.25) is 0 Å². The van der Waals surface area contributed by atoms with Gasteiger partial charge in [-0.05, 0) is 22.8 Å². The summed E-state index contributed by atoms with van der Waals surface area (Å²) in [5.41, 5.74) is 4.85. The Kier molecular flexibility index (Phi) is 6.98. The second-order valence-corrected chi connectivity index (χ2v) is 7.86. The van der Waals surface area contributed by atoms with Crippen LogP contribution in [0.3, 0.4) is 0 Å². The number of halogens is 1. The molecule has 1 heterocycles. The van der Waals surface area contributed by atoms with Crippen molar-refractivity contribution < 1.29 is 36.1 Å². The van der Waals surface area contributed by atoms with Gasteiger partial charge >= 0.3 is 5.97 Å². The summed E-state index contributed by atoms with van der Waals surface area (Å²) in [6, 6.07) is 21.2. The molecule has 0 amide bonds. The number of hydrogen-bond acceptors (Lipinski definition) is 5. The maximum Gasteiger partial charge on any atom is 0.337 e. The molecule has 7 nitrogen and oxygen atoms in total. The zero-order valence-corrected chi connectivity index (χ0v) is 18.2. The Morgan fingerprint density at radius 2 is 1.67 bits per heavy atom. The molecule has 0 saturated heterocycles. The Hall–Kier alpha value is -3.91. The van der Waals surface area contributed by atoms with Crippen molar-refractivity contribution >= 4 is 44.2 Å².